The molecule has 5 N–H and O–H groups in total. The van der Waals surface area contributed by atoms with Gasteiger partial charge in [0.15, 0.2) is 0 Å². The number of halogens is 3. The molecule has 6 nitrogen and oxygen atoms in total. The number of carbonyl (C=O) groups excluding carboxylic acids is 1. The van der Waals surface area contributed by atoms with E-state index < -0.39 is 23.9 Å². The average molecular weight is 375 g/mol. The summed E-state index contributed by atoms with van der Waals surface area (Å²) in [6.45, 7) is 0.117. The first-order valence-electron chi connectivity index (χ1n) is 8.00. The van der Waals surface area contributed by atoms with E-state index in [2.05, 4.69) is 15.3 Å². The van der Waals surface area contributed by atoms with Crippen molar-refractivity contribution in [2.45, 2.75) is 12.2 Å². The van der Waals surface area contributed by atoms with Crippen molar-refractivity contribution in [1.82, 2.24) is 9.97 Å². The number of carbonyl (C=O) groups is 1. The molecule has 1 aromatic heterocycles. The van der Waals surface area contributed by atoms with Gasteiger partial charge in [0.05, 0.1) is 17.1 Å². The molecule has 0 bridgehead atoms. The molecule has 0 radical (unpaired) electrons. The number of rotatable bonds is 5. The third-order valence-corrected chi connectivity index (χ3v) is 3.99. The van der Waals surface area contributed by atoms with Gasteiger partial charge in [0, 0.05) is 11.9 Å². The van der Waals surface area contributed by atoms with Gasteiger partial charge < -0.3 is 16.8 Å². The van der Waals surface area contributed by atoms with E-state index >= 15 is 0 Å². The first-order chi connectivity index (χ1) is 12.8. The van der Waals surface area contributed by atoms with Crippen LogP contribution >= 0.6 is 0 Å². The molecule has 0 saturated heterocycles. The predicted octanol–water partition coefficient (Wildman–Crippen LogP) is 2.86. The Kier molecular flexibility index (Phi) is 4.95. The van der Waals surface area contributed by atoms with Gasteiger partial charge in [-0.05, 0) is 17.7 Å². The molecule has 3 rings (SSSR count). The van der Waals surface area contributed by atoms with E-state index in [4.69, 9.17) is 11.5 Å². The van der Waals surface area contributed by atoms with Crippen LogP contribution in [0.1, 0.15) is 27.8 Å². The van der Waals surface area contributed by atoms with Gasteiger partial charge in [-0.25, -0.2) is 9.97 Å². The number of nitrogens with zero attached hydrogens (tertiary/aromatic N) is 2. The summed E-state index contributed by atoms with van der Waals surface area (Å²) in [7, 11) is 0. The molecule has 0 saturated carbocycles. The summed E-state index contributed by atoms with van der Waals surface area (Å²) in [5.41, 5.74) is 11.6. The van der Waals surface area contributed by atoms with Crippen LogP contribution in [0.4, 0.5) is 19.0 Å². The first kappa shape index (κ1) is 18.6. The number of primary amides is 1. The van der Waals surface area contributed by atoms with Crippen LogP contribution < -0.4 is 16.8 Å². The highest BCUT2D eigenvalue weighted by molar-refractivity contribution is 6.07. The fourth-order valence-electron chi connectivity index (χ4n) is 2.72. The van der Waals surface area contributed by atoms with E-state index in [9.17, 15) is 18.0 Å². The number of nitrogens with two attached hydrogens (primary N) is 2. The Hall–Kier alpha value is -3.20. The van der Waals surface area contributed by atoms with Crippen LogP contribution in [-0.2, 0) is 6.18 Å². The van der Waals surface area contributed by atoms with Gasteiger partial charge in [0.25, 0.3) is 5.91 Å². The van der Waals surface area contributed by atoms with Crippen molar-refractivity contribution in [3.8, 4) is 0 Å². The Bertz CT molecular complexity index is 976. The van der Waals surface area contributed by atoms with Crippen molar-refractivity contribution in [1.29, 1.82) is 0 Å². The molecule has 27 heavy (non-hydrogen) atoms. The van der Waals surface area contributed by atoms with Gasteiger partial charge in [-0.2, -0.15) is 13.2 Å². The lowest BCUT2D eigenvalue weighted by Gasteiger charge is -2.20. The summed E-state index contributed by atoms with van der Waals surface area (Å²) >= 11 is 0. The molecule has 0 aliphatic heterocycles. The molecule has 2 aromatic carbocycles. The fraction of sp³-hybridized carbons (Fsp3) is 0.167. The van der Waals surface area contributed by atoms with E-state index in [0.29, 0.717) is 0 Å². The maximum absolute atomic E-state index is 13.3. The Balaban J connectivity index is 2.18. The maximum atomic E-state index is 13.3. The van der Waals surface area contributed by atoms with Crippen molar-refractivity contribution >= 4 is 22.6 Å². The molecule has 0 fully saturated rings. The Morgan fingerprint density at radius 1 is 1.07 bits per heavy atom. The Labute approximate surface area is 152 Å². The molecule has 140 valence electrons. The second-order valence-electron chi connectivity index (χ2n) is 5.80. The van der Waals surface area contributed by atoms with Crippen LogP contribution in [0.2, 0.25) is 0 Å². The molecule has 1 amide bonds. The summed E-state index contributed by atoms with van der Waals surface area (Å²) in [6, 6.07) is 12.9. The molecule has 0 aliphatic rings. The number of hydrogen-bond acceptors (Lipinski definition) is 5. The highest BCUT2D eigenvalue weighted by Gasteiger charge is 2.36. The number of amides is 1. The predicted molar refractivity (Wildman–Crippen MR) is 94.9 cm³/mol. The third-order valence-electron chi connectivity index (χ3n) is 3.99. The smallest absolute Gasteiger partial charge is 0.366 e. The van der Waals surface area contributed by atoms with Gasteiger partial charge in [-0.3, -0.25) is 4.79 Å². The average Bonchev–Trinajstić information content (AvgIpc) is 2.65. The lowest BCUT2D eigenvalue weighted by atomic mass is 10.1. The van der Waals surface area contributed by atoms with Crippen LogP contribution in [-0.4, -0.2) is 22.4 Å². The number of anilines is 1. The molecule has 0 spiro atoms. The van der Waals surface area contributed by atoms with Gasteiger partial charge in [0.1, 0.15) is 5.82 Å². The topological polar surface area (TPSA) is 107 Å². The summed E-state index contributed by atoms with van der Waals surface area (Å²) in [5.74, 6) is -2.32. The van der Waals surface area contributed by atoms with Gasteiger partial charge in [0.2, 0.25) is 5.82 Å². The lowest BCUT2D eigenvalue weighted by Crippen LogP contribution is -2.23. The highest BCUT2D eigenvalue weighted by atomic mass is 19.4. The lowest BCUT2D eigenvalue weighted by molar-refractivity contribution is -0.144. The van der Waals surface area contributed by atoms with Crippen molar-refractivity contribution < 1.29 is 18.0 Å². The molecule has 3 aromatic rings. The zero-order chi connectivity index (χ0) is 19.6. The minimum atomic E-state index is -4.79. The van der Waals surface area contributed by atoms with Gasteiger partial charge >= 0.3 is 6.18 Å². The number of hydrogen-bond donors (Lipinski definition) is 3. The number of para-hydroxylation sites is 1. The number of fused-ring (bicyclic) bond motifs is 1. The zero-order valence-electron chi connectivity index (χ0n) is 14.0. The fourth-order valence-corrected chi connectivity index (χ4v) is 2.72. The van der Waals surface area contributed by atoms with E-state index in [1.807, 2.05) is 6.07 Å². The van der Waals surface area contributed by atoms with Crippen molar-refractivity contribution in [3.05, 3.63) is 65.5 Å². The summed E-state index contributed by atoms with van der Waals surface area (Å²) in [5, 5.41) is 3.18. The van der Waals surface area contributed by atoms with Crippen molar-refractivity contribution in [2.75, 3.05) is 11.9 Å². The number of benzene rings is 2. The van der Waals surface area contributed by atoms with Crippen LogP contribution in [0.15, 0.2) is 48.5 Å². The number of nitrogens with one attached hydrogen (secondary N) is 1. The second-order valence-corrected chi connectivity index (χ2v) is 5.80. The van der Waals surface area contributed by atoms with Gasteiger partial charge in [-0.1, -0.05) is 36.4 Å². The standard InChI is InChI=1S/C18H16F3N5O/c19-18(20,21)17-25-14-11(15(23)27)7-4-8-12(14)16(26-17)24-13(9-22)10-5-2-1-3-6-10/h1-8,13H,9,22H2,(H2,23,27)(H,24,25,26). The minimum Gasteiger partial charge on any atom is -0.366 e. The molecule has 0 aliphatic carbocycles. The van der Waals surface area contributed by atoms with Crippen LogP contribution in [0.3, 0.4) is 0 Å². The largest absolute Gasteiger partial charge is 0.451 e. The maximum Gasteiger partial charge on any atom is 0.451 e. The highest BCUT2D eigenvalue weighted by Crippen LogP contribution is 2.32. The van der Waals surface area contributed by atoms with Crippen molar-refractivity contribution in [3.63, 3.8) is 0 Å². The Morgan fingerprint density at radius 2 is 1.78 bits per heavy atom. The second kappa shape index (κ2) is 7.20. The Morgan fingerprint density at radius 3 is 2.37 bits per heavy atom. The van der Waals surface area contributed by atoms with E-state index in [0.717, 1.165) is 5.56 Å². The molecule has 1 heterocycles. The third kappa shape index (κ3) is 3.82. The summed E-state index contributed by atoms with van der Waals surface area (Å²) < 4.78 is 39.8. The first-order valence-corrected chi connectivity index (χ1v) is 8.00. The quantitative estimate of drug-likeness (QED) is 0.636. The van der Waals surface area contributed by atoms with Crippen LogP contribution in [0.25, 0.3) is 10.9 Å². The van der Waals surface area contributed by atoms with Gasteiger partial charge in [-0.15, -0.1) is 0 Å². The number of aromatic nitrogens is 2. The van der Waals surface area contributed by atoms with Crippen molar-refractivity contribution in [2.24, 2.45) is 11.5 Å². The van der Waals surface area contributed by atoms with E-state index in [1.165, 1.54) is 18.2 Å². The summed E-state index contributed by atoms with van der Waals surface area (Å²) in [6.07, 6.45) is -4.79. The monoisotopic (exact) mass is 375 g/mol. The molecule has 9 heteroatoms. The molecular formula is C18H16F3N5O. The minimum absolute atomic E-state index is 0.0743. The summed E-state index contributed by atoms with van der Waals surface area (Å²) in [4.78, 5) is 18.8. The zero-order valence-corrected chi connectivity index (χ0v) is 14.0. The van der Waals surface area contributed by atoms with Crippen LogP contribution in [0, 0.1) is 0 Å². The number of alkyl halides is 3. The molecule has 1 atom stereocenters. The van der Waals surface area contributed by atoms with E-state index in [1.54, 1.807) is 24.3 Å². The SMILES string of the molecule is NCC(Nc1nc(C(F)(F)F)nc2c(C(N)=O)cccc12)c1ccccc1. The van der Waals surface area contributed by atoms with E-state index in [-0.39, 0.29) is 28.8 Å². The molecular weight excluding hydrogens is 359 g/mol. The van der Waals surface area contributed by atoms with Crippen LogP contribution in [0.5, 0.6) is 0 Å². The molecule has 1 unspecified atom stereocenters. The normalized spacial score (nSPS) is 12.7.